The van der Waals surface area contributed by atoms with Crippen LogP contribution in [-0.4, -0.2) is 43.2 Å². The molecule has 1 aromatic carbocycles. The van der Waals surface area contributed by atoms with Crippen LogP contribution in [0.4, 0.5) is 0 Å². The first-order valence-corrected chi connectivity index (χ1v) is 8.89. The summed E-state index contributed by atoms with van der Waals surface area (Å²) in [7, 11) is 1.88. The standard InChI is InChI=1S/C17H22BrN3O.HI/c1-19-17(20-8-11-3-2-4-12(18)7-11)21-9-13-14(10-21)16-6-5-15(13)22-16;/h2-4,7,13-16H,5-6,8-10H2,1H3,(H,19,20);1H. The number of halogens is 2. The average molecular weight is 492 g/mol. The van der Waals surface area contributed by atoms with E-state index < -0.39 is 0 Å². The fourth-order valence-corrected chi connectivity index (χ4v) is 4.74. The Balaban J connectivity index is 0.00000156. The van der Waals surface area contributed by atoms with Crippen LogP contribution in [0.5, 0.6) is 0 Å². The van der Waals surface area contributed by atoms with Crippen LogP contribution < -0.4 is 5.32 Å². The van der Waals surface area contributed by atoms with Crippen molar-refractivity contribution in [3.63, 3.8) is 0 Å². The first-order valence-electron chi connectivity index (χ1n) is 8.10. The lowest BCUT2D eigenvalue weighted by molar-refractivity contribution is 0.0767. The van der Waals surface area contributed by atoms with Gasteiger partial charge in [-0.25, -0.2) is 0 Å². The maximum atomic E-state index is 6.05. The summed E-state index contributed by atoms with van der Waals surface area (Å²) in [6.45, 7) is 2.98. The smallest absolute Gasteiger partial charge is 0.193 e. The molecule has 1 aromatic rings. The van der Waals surface area contributed by atoms with Gasteiger partial charge in [-0.2, -0.15) is 0 Å². The van der Waals surface area contributed by atoms with Crippen LogP contribution in [0.2, 0.25) is 0 Å². The second-order valence-corrected chi connectivity index (χ2v) is 7.47. The van der Waals surface area contributed by atoms with E-state index in [0.29, 0.717) is 24.0 Å². The highest BCUT2D eigenvalue weighted by atomic mass is 127. The molecule has 0 amide bonds. The Morgan fingerprint density at radius 2 is 2.00 bits per heavy atom. The van der Waals surface area contributed by atoms with Gasteiger partial charge in [0.25, 0.3) is 0 Å². The number of ether oxygens (including phenoxy) is 1. The van der Waals surface area contributed by atoms with Crippen molar-refractivity contribution in [2.75, 3.05) is 20.1 Å². The van der Waals surface area contributed by atoms with Crippen molar-refractivity contribution in [2.45, 2.75) is 31.6 Å². The first kappa shape index (κ1) is 17.5. The van der Waals surface area contributed by atoms with Crippen molar-refractivity contribution in [3.8, 4) is 0 Å². The summed E-state index contributed by atoms with van der Waals surface area (Å²) in [5.41, 5.74) is 1.26. The Bertz CT molecular complexity index is 579. The van der Waals surface area contributed by atoms with E-state index in [4.69, 9.17) is 4.74 Å². The second kappa shape index (κ2) is 7.27. The zero-order valence-electron chi connectivity index (χ0n) is 13.2. The first-order chi connectivity index (χ1) is 10.7. The van der Waals surface area contributed by atoms with Gasteiger partial charge in [-0.3, -0.25) is 4.99 Å². The average Bonchev–Trinajstić information content (AvgIpc) is 3.20. The monoisotopic (exact) mass is 491 g/mol. The van der Waals surface area contributed by atoms with Crippen molar-refractivity contribution >= 4 is 45.9 Å². The molecule has 126 valence electrons. The molecular weight excluding hydrogens is 469 g/mol. The molecule has 4 atom stereocenters. The summed E-state index contributed by atoms with van der Waals surface area (Å²) in [5, 5.41) is 3.51. The van der Waals surface area contributed by atoms with Gasteiger partial charge in [-0.15, -0.1) is 24.0 Å². The molecule has 3 heterocycles. The molecule has 3 saturated heterocycles. The summed E-state index contributed by atoms with van der Waals surface area (Å²) in [5.74, 6) is 2.44. The van der Waals surface area contributed by atoms with Crippen LogP contribution in [0.3, 0.4) is 0 Å². The highest BCUT2D eigenvalue weighted by molar-refractivity contribution is 14.0. The van der Waals surface area contributed by atoms with Crippen molar-refractivity contribution in [1.82, 2.24) is 10.2 Å². The molecule has 23 heavy (non-hydrogen) atoms. The molecule has 3 aliphatic rings. The van der Waals surface area contributed by atoms with Gasteiger partial charge in [0.15, 0.2) is 5.96 Å². The van der Waals surface area contributed by atoms with E-state index in [1.165, 1.54) is 18.4 Å². The molecule has 4 nitrogen and oxygen atoms in total. The van der Waals surface area contributed by atoms with Gasteiger partial charge >= 0.3 is 0 Å². The summed E-state index contributed by atoms with van der Waals surface area (Å²) < 4.78 is 7.17. The maximum absolute atomic E-state index is 6.05. The van der Waals surface area contributed by atoms with E-state index in [9.17, 15) is 0 Å². The Labute approximate surface area is 163 Å². The van der Waals surface area contributed by atoms with Crippen LogP contribution >= 0.6 is 39.9 Å². The maximum Gasteiger partial charge on any atom is 0.193 e. The fourth-order valence-electron chi connectivity index (χ4n) is 4.29. The zero-order valence-corrected chi connectivity index (χ0v) is 17.2. The Morgan fingerprint density at radius 1 is 1.30 bits per heavy atom. The fraction of sp³-hybridized carbons (Fsp3) is 0.588. The number of nitrogens with zero attached hydrogens (tertiary/aromatic N) is 2. The van der Waals surface area contributed by atoms with Gasteiger partial charge < -0.3 is 15.0 Å². The van der Waals surface area contributed by atoms with Crippen LogP contribution in [0.1, 0.15) is 18.4 Å². The van der Waals surface area contributed by atoms with Gasteiger partial charge in [0, 0.05) is 43.0 Å². The Morgan fingerprint density at radius 3 is 2.61 bits per heavy atom. The number of likely N-dealkylation sites (tertiary alicyclic amines) is 1. The molecule has 4 unspecified atom stereocenters. The molecule has 0 aliphatic carbocycles. The minimum absolute atomic E-state index is 0. The molecule has 0 saturated carbocycles. The van der Waals surface area contributed by atoms with Crippen LogP contribution in [0, 0.1) is 11.8 Å². The largest absolute Gasteiger partial charge is 0.374 e. The predicted molar refractivity (Wildman–Crippen MR) is 106 cm³/mol. The number of fused-ring (bicyclic) bond motifs is 5. The summed E-state index contributed by atoms with van der Waals surface area (Å²) in [6, 6.07) is 8.40. The number of nitrogens with one attached hydrogen (secondary N) is 1. The molecule has 3 fully saturated rings. The topological polar surface area (TPSA) is 36.9 Å². The summed E-state index contributed by atoms with van der Waals surface area (Å²) in [4.78, 5) is 6.90. The number of aliphatic imine (C=N–C) groups is 1. The highest BCUT2D eigenvalue weighted by Gasteiger charge is 2.53. The number of hydrogen-bond acceptors (Lipinski definition) is 2. The van der Waals surface area contributed by atoms with Crippen LogP contribution in [-0.2, 0) is 11.3 Å². The van der Waals surface area contributed by atoms with Crippen LogP contribution in [0.15, 0.2) is 33.7 Å². The highest BCUT2D eigenvalue weighted by Crippen LogP contribution is 2.47. The molecule has 1 N–H and O–H groups in total. The number of rotatable bonds is 2. The Kier molecular flexibility index (Phi) is 5.53. The normalized spacial score (nSPS) is 31.9. The van der Waals surface area contributed by atoms with Gasteiger partial charge in [0.05, 0.1) is 12.2 Å². The van der Waals surface area contributed by atoms with E-state index in [2.05, 4.69) is 55.4 Å². The molecule has 6 heteroatoms. The minimum Gasteiger partial charge on any atom is -0.374 e. The minimum atomic E-state index is 0. The Hall–Kier alpha value is -0.340. The predicted octanol–water partition coefficient (Wildman–Crippen LogP) is 3.25. The lowest BCUT2D eigenvalue weighted by Gasteiger charge is -2.23. The van der Waals surface area contributed by atoms with Crippen molar-refractivity contribution in [3.05, 3.63) is 34.3 Å². The van der Waals surface area contributed by atoms with Crippen LogP contribution in [0.25, 0.3) is 0 Å². The molecular formula is C17H23BrIN3O. The number of guanidine groups is 1. The lowest BCUT2D eigenvalue weighted by atomic mass is 9.82. The van der Waals surface area contributed by atoms with Crippen molar-refractivity contribution in [1.29, 1.82) is 0 Å². The molecule has 0 radical (unpaired) electrons. The molecule has 4 rings (SSSR count). The molecule has 2 bridgehead atoms. The molecule has 3 aliphatic heterocycles. The third-order valence-corrected chi connectivity index (χ3v) is 5.80. The lowest BCUT2D eigenvalue weighted by Crippen LogP contribution is -2.40. The SMILES string of the molecule is CN=C(NCc1cccc(Br)c1)N1CC2C3CCC(O3)C2C1.I. The summed E-state index contributed by atoms with van der Waals surface area (Å²) in [6.07, 6.45) is 3.51. The van der Waals surface area contributed by atoms with Crippen molar-refractivity contribution < 1.29 is 4.74 Å². The van der Waals surface area contributed by atoms with E-state index in [1.54, 1.807) is 0 Å². The van der Waals surface area contributed by atoms with Gasteiger partial charge in [-0.05, 0) is 30.5 Å². The van der Waals surface area contributed by atoms with E-state index in [1.807, 2.05) is 7.05 Å². The van der Waals surface area contributed by atoms with Crippen molar-refractivity contribution in [2.24, 2.45) is 16.8 Å². The molecule has 0 aromatic heterocycles. The molecule has 0 spiro atoms. The number of hydrogen-bond donors (Lipinski definition) is 1. The van der Waals surface area contributed by atoms with Gasteiger partial charge in [-0.1, -0.05) is 28.1 Å². The third kappa shape index (κ3) is 3.39. The van der Waals surface area contributed by atoms with Gasteiger partial charge in [0.1, 0.15) is 0 Å². The second-order valence-electron chi connectivity index (χ2n) is 6.55. The zero-order chi connectivity index (χ0) is 15.1. The van der Waals surface area contributed by atoms with E-state index >= 15 is 0 Å². The third-order valence-electron chi connectivity index (χ3n) is 5.30. The number of benzene rings is 1. The summed E-state index contributed by atoms with van der Waals surface area (Å²) >= 11 is 3.52. The van der Waals surface area contributed by atoms with Gasteiger partial charge in [0.2, 0.25) is 0 Å². The van der Waals surface area contributed by atoms with E-state index in [-0.39, 0.29) is 24.0 Å². The van der Waals surface area contributed by atoms with E-state index in [0.717, 1.165) is 30.1 Å². The quantitative estimate of drug-likeness (QED) is 0.392.